The monoisotopic (exact) mass is 331 g/mol. The summed E-state index contributed by atoms with van der Waals surface area (Å²) in [7, 11) is 1.77. The van der Waals surface area contributed by atoms with Crippen LogP contribution in [0.2, 0.25) is 0 Å². The van der Waals surface area contributed by atoms with E-state index in [-0.39, 0.29) is 17.6 Å². The average Bonchev–Trinajstić information content (AvgIpc) is 2.84. The van der Waals surface area contributed by atoms with E-state index in [1.165, 1.54) is 0 Å². The third-order valence-corrected chi connectivity index (χ3v) is 4.80. The molecule has 2 rings (SSSR count). The predicted molar refractivity (Wildman–Crippen MR) is 98.2 cm³/mol. The van der Waals surface area contributed by atoms with Crippen molar-refractivity contribution in [2.24, 2.45) is 7.05 Å². The maximum absolute atomic E-state index is 12.7. The van der Waals surface area contributed by atoms with Crippen LogP contribution in [0.4, 0.5) is 0 Å². The third-order valence-electron chi connectivity index (χ3n) is 4.80. The molecule has 1 amide bonds. The number of hydrogen-bond donors (Lipinski definition) is 0. The Morgan fingerprint density at radius 3 is 2.50 bits per heavy atom. The van der Waals surface area contributed by atoms with E-state index in [1.54, 1.807) is 16.2 Å². The smallest absolute Gasteiger partial charge is 0.328 e. The minimum Gasteiger partial charge on any atom is -0.340 e. The highest BCUT2D eigenvalue weighted by Crippen LogP contribution is 2.13. The van der Waals surface area contributed by atoms with Gasteiger partial charge < -0.3 is 4.90 Å². The van der Waals surface area contributed by atoms with E-state index in [2.05, 4.69) is 20.8 Å². The Bertz CT molecular complexity index is 745. The molecule has 0 aliphatic heterocycles. The Labute approximate surface area is 143 Å². The minimum atomic E-state index is -0.0624. The lowest BCUT2D eigenvalue weighted by atomic mass is 10.1. The first-order valence-corrected chi connectivity index (χ1v) is 8.94. The molecule has 1 unspecified atom stereocenters. The summed E-state index contributed by atoms with van der Waals surface area (Å²) in [4.78, 5) is 27.1. The van der Waals surface area contributed by atoms with Crippen molar-refractivity contribution in [3.63, 3.8) is 0 Å². The molecule has 1 heterocycles. The molecule has 0 aliphatic rings. The predicted octanol–water partition coefficient (Wildman–Crippen LogP) is 3.16. The van der Waals surface area contributed by atoms with Crippen LogP contribution in [0.25, 0.3) is 11.0 Å². The number of aromatic nitrogens is 2. The number of para-hydroxylation sites is 2. The fraction of sp³-hybridized carbons (Fsp3) is 0.579. The van der Waals surface area contributed by atoms with Gasteiger partial charge in [0, 0.05) is 32.6 Å². The maximum Gasteiger partial charge on any atom is 0.328 e. The van der Waals surface area contributed by atoms with Gasteiger partial charge in [-0.25, -0.2) is 4.79 Å². The molecule has 0 aliphatic carbocycles. The van der Waals surface area contributed by atoms with E-state index in [4.69, 9.17) is 0 Å². The van der Waals surface area contributed by atoms with Crippen LogP contribution in [-0.4, -0.2) is 32.5 Å². The van der Waals surface area contributed by atoms with Gasteiger partial charge in [-0.15, -0.1) is 0 Å². The number of fused-ring (bicyclic) bond motifs is 1. The van der Waals surface area contributed by atoms with Crippen LogP contribution in [0.1, 0.15) is 46.5 Å². The summed E-state index contributed by atoms with van der Waals surface area (Å²) < 4.78 is 3.35. The van der Waals surface area contributed by atoms with Gasteiger partial charge in [0.25, 0.3) is 0 Å². The largest absolute Gasteiger partial charge is 0.340 e. The molecule has 0 saturated heterocycles. The molecule has 5 heteroatoms. The lowest BCUT2D eigenvalue weighted by Crippen LogP contribution is -2.39. The second-order valence-electron chi connectivity index (χ2n) is 6.43. The van der Waals surface area contributed by atoms with Crippen LogP contribution in [0.5, 0.6) is 0 Å². The second kappa shape index (κ2) is 8.18. The van der Waals surface area contributed by atoms with E-state index >= 15 is 0 Å². The van der Waals surface area contributed by atoms with Crippen molar-refractivity contribution in [2.45, 2.75) is 59.0 Å². The molecule has 132 valence electrons. The van der Waals surface area contributed by atoms with Crippen LogP contribution < -0.4 is 5.69 Å². The summed E-state index contributed by atoms with van der Waals surface area (Å²) in [5, 5.41) is 0. The van der Waals surface area contributed by atoms with Gasteiger partial charge in [0.05, 0.1) is 11.0 Å². The molecule has 1 aromatic carbocycles. The SMILES string of the molecule is CCCCN(C(=O)CCn1c(=O)n(C)c2ccccc21)C(C)CC. The maximum atomic E-state index is 12.7. The number of hydrogen-bond acceptors (Lipinski definition) is 2. The summed E-state index contributed by atoms with van der Waals surface area (Å²) in [6.45, 7) is 7.56. The zero-order chi connectivity index (χ0) is 17.7. The summed E-state index contributed by atoms with van der Waals surface area (Å²) in [6, 6.07) is 7.96. The first kappa shape index (κ1) is 18.3. The summed E-state index contributed by atoms with van der Waals surface area (Å²) >= 11 is 0. The van der Waals surface area contributed by atoms with Gasteiger partial charge in [-0.3, -0.25) is 13.9 Å². The van der Waals surface area contributed by atoms with E-state index in [9.17, 15) is 9.59 Å². The summed E-state index contributed by atoms with van der Waals surface area (Å²) in [5.74, 6) is 0.137. The number of unbranched alkanes of at least 4 members (excludes halogenated alkanes) is 1. The second-order valence-corrected chi connectivity index (χ2v) is 6.43. The van der Waals surface area contributed by atoms with Gasteiger partial charge >= 0.3 is 5.69 Å². The number of amides is 1. The zero-order valence-corrected chi connectivity index (χ0v) is 15.3. The molecule has 24 heavy (non-hydrogen) atoms. The van der Waals surface area contributed by atoms with Gasteiger partial charge in [-0.2, -0.15) is 0 Å². The molecule has 2 aromatic rings. The molecule has 0 radical (unpaired) electrons. The van der Waals surface area contributed by atoms with Gasteiger partial charge in [-0.1, -0.05) is 32.4 Å². The fourth-order valence-corrected chi connectivity index (χ4v) is 3.07. The van der Waals surface area contributed by atoms with Crippen molar-refractivity contribution in [3.8, 4) is 0 Å². The van der Waals surface area contributed by atoms with E-state index in [0.717, 1.165) is 36.8 Å². The van der Waals surface area contributed by atoms with Crippen molar-refractivity contribution in [1.29, 1.82) is 0 Å². The molecular weight excluding hydrogens is 302 g/mol. The molecule has 0 bridgehead atoms. The molecule has 0 fully saturated rings. The highest BCUT2D eigenvalue weighted by Gasteiger charge is 2.19. The Morgan fingerprint density at radius 1 is 1.21 bits per heavy atom. The number of aryl methyl sites for hydroxylation is 2. The Hall–Kier alpha value is -2.04. The van der Waals surface area contributed by atoms with Crippen LogP contribution in [0.3, 0.4) is 0 Å². The number of nitrogens with zero attached hydrogens (tertiary/aromatic N) is 3. The lowest BCUT2D eigenvalue weighted by Gasteiger charge is -2.28. The van der Waals surface area contributed by atoms with Crippen molar-refractivity contribution in [2.75, 3.05) is 6.54 Å². The average molecular weight is 331 g/mol. The van der Waals surface area contributed by atoms with Crippen molar-refractivity contribution < 1.29 is 4.79 Å². The van der Waals surface area contributed by atoms with E-state index < -0.39 is 0 Å². The molecule has 5 nitrogen and oxygen atoms in total. The normalized spacial score (nSPS) is 12.5. The zero-order valence-electron chi connectivity index (χ0n) is 15.3. The number of carbonyl (C=O) groups excluding carboxylic acids is 1. The number of benzene rings is 1. The van der Waals surface area contributed by atoms with E-state index in [0.29, 0.717) is 13.0 Å². The number of rotatable bonds is 8. The van der Waals surface area contributed by atoms with Crippen LogP contribution in [0, 0.1) is 0 Å². The van der Waals surface area contributed by atoms with Gasteiger partial charge in [0.1, 0.15) is 0 Å². The quantitative estimate of drug-likeness (QED) is 0.746. The van der Waals surface area contributed by atoms with Gasteiger partial charge in [0.2, 0.25) is 5.91 Å². The van der Waals surface area contributed by atoms with Crippen LogP contribution >= 0.6 is 0 Å². The highest BCUT2D eigenvalue weighted by molar-refractivity contribution is 5.78. The molecule has 0 saturated carbocycles. The Morgan fingerprint density at radius 2 is 1.88 bits per heavy atom. The number of imidazole rings is 1. The molecular formula is C19H29N3O2. The van der Waals surface area contributed by atoms with E-state index in [1.807, 2.05) is 29.2 Å². The Kier molecular flexibility index (Phi) is 6.23. The first-order valence-electron chi connectivity index (χ1n) is 8.94. The van der Waals surface area contributed by atoms with Crippen molar-refractivity contribution in [1.82, 2.24) is 14.0 Å². The minimum absolute atomic E-state index is 0.0624. The third kappa shape index (κ3) is 3.71. The fourth-order valence-electron chi connectivity index (χ4n) is 3.07. The topological polar surface area (TPSA) is 47.2 Å². The van der Waals surface area contributed by atoms with Crippen molar-refractivity contribution >= 4 is 16.9 Å². The Balaban J connectivity index is 2.16. The van der Waals surface area contributed by atoms with Crippen molar-refractivity contribution in [3.05, 3.63) is 34.7 Å². The summed E-state index contributed by atoms with van der Waals surface area (Å²) in [5.41, 5.74) is 1.73. The molecule has 1 atom stereocenters. The molecule has 1 aromatic heterocycles. The lowest BCUT2D eigenvalue weighted by molar-refractivity contribution is -0.133. The standard InChI is InChI=1S/C19H29N3O2/c1-5-7-13-21(15(3)6-2)18(23)12-14-22-17-11-9-8-10-16(17)20(4)19(22)24/h8-11,15H,5-7,12-14H2,1-4H3. The molecule has 0 N–H and O–H groups in total. The molecule has 0 spiro atoms. The number of carbonyl (C=O) groups is 1. The van der Waals surface area contributed by atoms with Gasteiger partial charge in [-0.05, 0) is 31.9 Å². The highest BCUT2D eigenvalue weighted by atomic mass is 16.2. The summed E-state index contributed by atoms with van der Waals surface area (Å²) in [6.07, 6.45) is 3.40. The first-order chi connectivity index (χ1) is 11.5. The van der Waals surface area contributed by atoms with Gasteiger partial charge in [0.15, 0.2) is 0 Å². The van der Waals surface area contributed by atoms with Crippen LogP contribution in [0.15, 0.2) is 29.1 Å². The van der Waals surface area contributed by atoms with Crippen LogP contribution in [-0.2, 0) is 18.4 Å².